The molecule has 0 radical (unpaired) electrons. The Balaban J connectivity index is 2.02. The average Bonchev–Trinajstić information content (AvgIpc) is 2.77. The minimum absolute atomic E-state index is 0.499. The molecule has 1 aliphatic carbocycles. The van der Waals surface area contributed by atoms with Crippen molar-refractivity contribution < 1.29 is 0 Å². The minimum Gasteiger partial charge on any atom is -0.353 e. The second-order valence-corrected chi connectivity index (χ2v) is 4.80. The monoisotopic (exact) mass is 241 g/mol. The lowest BCUT2D eigenvalue weighted by atomic mass is 9.86. The predicted molar refractivity (Wildman–Crippen MR) is 68.0 cm³/mol. The summed E-state index contributed by atoms with van der Waals surface area (Å²) in [7, 11) is 0. The summed E-state index contributed by atoms with van der Waals surface area (Å²) < 4.78 is 2.14. The molecule has 1 heterocycles. The number of alkyl halides is 1. The van der Waals surface area contributed by atoms with Crippen LogP contribution in [0, 0.1) is 5.92 Å². The highest BCUT2D eigenvalue weighted by Gasteiger charge is 2.25. The molecule has 2 unspecified atom stereocenters. The van der Waals surface area contributed by atoms with Gasteiger partial charge in [0.05, 0.1) is 0 Å². The maximum absolute atomic E-state index is 6.02. The van der Waals surface area contributed by atoms with Gasteiger partial charge in [0.25, 0.3) is 0 Å². The van der Waals surface area contributed by atoms with Crippen LogP contribution in [0.5, 0.6) is 0 Å². The van der Waals surface area contributed by atoms with E-state index in [9.17, 15) is 0 Å². The highest BCUT2D eigenvalue weighted by atomic mass is 35.5. The first-order valence-electron chi connectivity index (χ1n) is 6.18. The Labute approximate surface area is 102 Å². The van der Waals surface area contributed by atoms with Crippen LogP contribution in [0.25, 0.3) is 0 Å². The fraction of sp³-hybridized carbons (Fsp3) is 0.750. The first-order chi connectivity index (χ1) is 7.85. The third kappa shape index (κ3) is 2.51. The normalized spacial score (nSPS) is 25.6. The molecular formula is C12H20ClN3. The maximum Gasteiger partial charge on any atom is 0.202 e. The van der Waals surface area contributed by atoms with Crippen molar-refractivity contribution >= 4 is 17.5 Å². The zero-order valence-corrected chi connectivity index (χ0v) is 10.6. The molecule has 2 atom stereocenters. The van der Waals surface area contributed by atoms with Crippen molar-refractivity contribution in [3.05, 3.63) is 12.4 Å². The van der Waals surface area contributed by atoms with Crippen molar-refractivity contribution in [3.63, 3.8) is 0 Å². The van der Waals surface area contributed by atoms with Gasteiger partial charge in [-0.05, 0) is 25.7 Å². The Hall–Kier alpha value is -0.700. The van der Waals surface area contributed by atoms with E-state index in [1.54, 1.807) is 0 Å². The van der Waals surface area contributed by atoms with E-state index in [2.05, 4.69) is 21.8 Å². The fourth-order valence-corrected chi connectivity index (χ4v) is 2.82. The third-order valence-corrected chi connectivity index (χ3v) is 3.87. The highest BCUT2D eigenvalue weighted by Crippen LogP contribution is 2.27. The van der Waals surface area contributed by atoms with Gasteiger partial charge < -0.3 is 9.88 Å². The zero-order valence-electron chi connectivity index (χ0n) is 9.82. The van der Waals surface area contributed by atoms with Crippen LogP contribution < -0.4 is 5.32 Å². The van der Waals surface area contributed by atoms with E-state index in [0.717, 1.165) is 18.4 Å². The summed E-state index contributed by atoms with van der Waals surface area (Å²) in [4.78, 5) is 4.36. The van der Waals surface area contributed by atoms with E-state index in [1.165, 1.54) is 25.7 Å². The number of aromatic nitrogens is 2. The second kappa shape index (κ2) is 5.58. The Morgan fingerprint density at radius 3 is 3.06 bits per heavy atom. The van der Waals surface area contributed by atoms with Gasteiger partial charge in [-0.25, -0.2) is 4.98 Å². The number of aryl methyl sites for hydroxylation is 1. The summed E-state index contributed by atoms with van der Waals surface area (Å²) in [5.41, 5.74) is 0. The maximum atomic E-state index is 6.02. The lowest BCUT2D eigenvalue weighted by molar-refractivity contribution is 0.351. The van der Waals surface area contributed by atoms with E-state index in [4.69, 9.17) is 11.6 Å². The van der Waals surface area contributed by atoms with Crippen LogP contribution in [0.15, 0.2) is 12.4 Å². The van der Waals surface area contributed by atoms with E-state index in [1.807, 2.05) is 12.4 Å². The smallest absolute Gasteiger partial charge is 0.202 e. The van der Waals surface area contributed by atoms with Gasteiger partial charge >= 0.3 is 0 Å². The molecule has 1 saturated carbocycles. The SMILES string of the molecule is CCn1ccnc1NC1CCCCC1CCl. The number of hydrogen-bond donors (Lipinski definition) is 1. The highest BCUT2D eigenvalue weighted by molar-refractivity contribution is 6.18. The number of hydrogen-bond acceptors (Lipinski definition) is 2. The second-order valence-electron chi connectivity index (χ2n) is 4.49. The van der Waals surface area contributed by atoms with Gasteiger partial charge in [0.1, 0.15) is 0 Å². The van der Waals surface area contributed by atoms with Crippen LogP contribution >= 0.6 is 11.6 Å². The van der Waals surface area contributed by atoms with Gasteiger partial charge in [-0.15, -0.1) is 11.6 Å². The first kappa shape index (κ1) is 11.8. The van der Waals surface area contributed by atoms with Crippen LogP contribution in [-0.4, -0.2) is 21.5 Å². The number of nitrogens with zero attached hydrogens (tertiary/aromatic N) is 2. The summed E-state index contributed by atoms with van der Waals surface area (Å²) in [5.74, 6) is 2.34. The Morgan fingerprint density at radius 1 is 1.50 bits per heavy atom. The molecule has 1 fully saturated rings. The molecule has 1 aromatic heterocycles. The number of anilines is 1. The molecule has 3 nitrogen and oxygen atoms in total. The van der Waals surface area contributed by atoms with E-state index in [-0.39, 0.29) is 0 Å². The molecule has 2 rings (SSSR count). The van der Waals surface area contributed by atoms with E-state index in [0.29, 0.717) is 12.0 Å². The molecular weight excluding hydrogens is 222 g/mol. The molecule has 4 heteroatoms. The molecule has 0 spiro atoms. The summed E-state index contributed by atoms with van der Waals surface area (Å²) >= 11 is 6.02. The Morgan fingerprint density at radius 2 is 2.31 bits per heavy atom. The fourth-order valence-electron chi connectivity index (χ4n) is 2.45. The van der Waals surface area contributed by atoms with Gasteiger partial charge in [0, 0.05) is 30.9 Å². The zero-order chi connectivity index (χ0) is 11.4. The molecule has 1 aromatic rings. The van der Waals surface area contributed by atoms with Crippen LogP contribution in [0.3, 0.4) is 0 Å². The lowest BCUT2D eigenvalue weighted by Gasteiger charge is -2.31. The van der Waals surface area contributed by atoms with Crippen molar-refractivity contribution in [2.24, 2.45) is 5.92 Å². The summed E-state index contributed by atoms with van der Waals surface area (Å²) in [6, 6.07) is 0.499. The van der Waals surface area contributed by atoms with Gasteiger partial charge in [0.15, 0.2) is 0 Å². The summed E-state index contributed by atoms with van der Waals surface area (Å²) in [5, 5.41) is 3.55. The molecule has 0 amide bonds. The van der Waals surface area contributed by atoms with E-state index >= 15 is 0 Å². The molecule has 0 saturated heterocycles. The van der Waals surface area contributed by atoms with Gasteiger partial charge in [0.2, 0.25) is 5.95 Å². The Kier molecular flexibility index (Phi) is 4.10. The molecule has 90 valence electrons. The summed E-state index contributed by atoms with van der Waals surface area (Å²) in [6.45, 7) is 3.09. The van der Waals surface area contributed by atoms with Crippen LogP contribution in [0.2, 0.25) is 0 Å². The first-order valence-corrected chi connectivity index (χ1v) is 6.72. The molecule has 1 aliphatic rings. The molecule has 16 heavy (non-hydrogen) atoms. The lowest BCUT2D eigenvalue weighted by Crippen LogP contribution is -2.34. The predicted octanol–water partition coefficient (Wildman–Crippen LogP) is 3.11. The third-order valence-electron chi connectivity index (χ3n) is 3.48. The largest absolute Gasteiger partial charge is 0.353 e. The van der Waals surface area contributed by atoms with Crippen molar-refractivity contribution in [2.45, 2.75) is 45.2 Å². The standard InChI is InChI=1S/C12H20ClN3/c1-2-16-8-7-14-12(16)15-11-6-4-3-5-10(11)9-13/h7-8,10-11H,2-6,9H2,1H3,(H,14,15). The van der Waals surface area contributed by atoms with Crippen LogP contribution in [0.1, 0.15) is 32.6 Å². The van der Waals surface area contributed by atoms with Gasteiger partial charge in [-0.3, -0.25) is 0 Å². The minimum atomic E-state index is 0.499. The van der Waals surface area contributed by atoms with Crippen molar-refractivity contribution in [2.75, 3.05) is 11.2 Å². The van der Waals surface area contributed by atoms with Crippen molar-refractivity contribution in [1.29, 1.82) is 0 Å². The van der Waals surface area contributed by atoms with Gasteiger partial charge in [-0.1, -0.05) is 12.8 Å². The van der Waals surface area contributed by atoms with E-state index < -0.39 is 0 Å². The quantitative estimate of drug-likeness (QED) is 0.821. The van der Waals surface area contributed by atoms with Gasteiger partial charge in [-0.2, -0.15) is 0 Å². The Bertz CT molecular complexity index is 324. The average molecular weight is 242 g/mol. The molecule has 0 aromatic carbocycles. The van der Waals surface area contributed by atoms with Crippen molar-refractivity contribution in [3.8, 4) is 0 Å². The topological polar surface area (TPSA) is 29.9 Å². The van der Waals surface area contributed by atoms with Crippen LogP contribution in [0.4, 0.5) is 5.95 Å². The number of rotatable bonds is 4. The molecule has 0 aliphatic heterocycles. The molecule has 1 N–H and O–H groups in total. The van der Waals surface area contributed by atoms with Crippen LogP contribution in [-0.2, 0) is 6.54 Å². The number of imidazole rings is 1. The number of halogens is 1. The number of nitrogens with one attached hydrogen (secondary N) is 1. The van der Waals surface area contributed by atoms with Crippen molar-refractivity contribution in [1.82, 2.24) is 9.55 Å². The molecule has 0 bridgehead atoms. The summed E-state index contributed by atoms with van der Waals surface area (Å²) in [6.07, 6.45) is 8.95.